The lowest BCUT2D eigenvalue weighted by molar-refractivity contribution is -0.149. The highest BCUT2D eigenvalue weighted by atomic mass is 16.5. The summed E-state index contributed by atoms with van der Waals surface area (Å²) in [5, 5.41) is 0. The minimum absolute atomic E-state index is 0.268. The molecule has 2 aliphatic carbocycles. The molecular weight excluding hydrogens is 240 g/mol. The third-order valence-electron chi connectivity index (χ3n) is 4.14. The Morgan fingerprint density at radius 2 is 2.05 bits per heavy atom. The molecule has 0 aromatic carbocycles. The van der Waals surface area contributed by atoms with E-state index in [9.17, 15) is 4.79 Å². The summed E-state index contributed by atoms with van der Waals surface area (Å²) in [4.78, 5) is 14.3. The molecule has 0 spiro atoms. The fourth-order valence-corrected chi connectivity index (χ4v) is 2.54. The predicted octanol–water partition coefficient (Wildman–Crippen LogP) is 1.92. The lowest BCUT2D eigenvalue weighted by Crippen LogP contribution is -2.46. The highest BCUT2D eigenvalue weighted by Gasteiger charge is 2.34. The van der Waals surface area contributed by atoms with Crippen molar-refractivity contribution in [1.82, 2.24) is 4.90 Å². The Kier molecular flexibility index (Phi) is 4.85. The normalized spacial score (nSPS) is 22.3. The van der Waals surface area contributed by atoms with E-state index < -0.39 is 5.54 Å². The zero-order chi connectivity index (χ0) is 13.9. The Bertz CT molecular complexity index is 309. The molecule has 2 aliphatic rings. The second kappa shape index (κ2) is 6.23. The van der Waals surface area contributed by atoms with E-state index in [1.165, 1.54) is 32.2 Å². The zero-order valence-electron chi connectivity index (χ0n) is 12.4. The lowest BCUT2D eigenvalue weighted by Gasteiger charge is -2.26. The van der Waals surface area contributed by atoms with Crippen molar-refractivity contribution >= 4 is 5.97 Å². The smallest absolute Gasteiger partial charge is 0.325 e. The third kappa shape index (κ3) is 4.77. The molecule has 0 radical (unpaired) electrons. The maximum atomic E-state index is 11.7. The number of nitrogens with two attached hydrogens (primary N) is 1. The van der Waals surface area contributed by atoms with Gasteiger partial charge in [-0.3, -0.25) is 4.79 Å². The average Bonchev–Trinajstić information content (AvgIpc) is 3.21. The van der Waals surface area contributed by atoms with Crippen LogP contribution in [0.2, 0.25) is 0 Å². The van der Waals surface area contributed by atoms with Gasteiger partial charge in [-0.15, -0.1) is 0 Å². The lowest BCUT2D eigenvalue weighted by atomic mass is 9.97. The molecule has 4 nitrogen and oxygen atoms in total. The van der Waals surface area contributed by atoms with Gasteiger partial charge in [-0.25, -0.2) is 0 Å². The van der Waals surface area contributed by atoms with Crippen molar-refractivity contribution in [2.75, 3.05) is 19.7 Å². The molecule has 0 aromatic rings. The topological polar surface area (TPSA) is 55.6 Å². The van der Waals surface area contributed by atoms with E-state index in [-0.39, 0.29) is 5.97 Å². The van der Waals surface area contributed by atoms with E-state index >= 15 is 0 Å². The van der Waals surface area contributed by atoms with Gasteiger partial charge in [0.15, 0.2) is 0 Å². The largest absolute Gasteiger partial charge is 0.465 e. The molecule has 2 saturated carbocycles. The first-order chi connectivity index (χ1) is 9.03. The second-order valence-corrected chi connectivity index (χ2v) is 6.41. The molecule has 1 unspecified atom stereocenters. The standard InChI is InChI=1S/C15H28N2O2/c1-3-19-14(18)15(2,16)9-4-10-17(13-7-8-13)11-12-5-6-12/h12-13H,3-11,16H2,1-2H3. The van der Waals surface area contributed by atoms with Crippen LogP contribution in [0.4, 0.5) is 0 Å². The van der Waals surface area contributed by atoms with E-state index in [1.807, 2.05) is 6.92 Å². The maximum Gasteiger partial charge on any atom is 0.325 e. The van der Waals surface area contributed by atoms with Gasteiger partial charge in [0.05, 0.1) is 6.61 Å². The summed E-state index contributed by atoms with van der Waals surface area (Å²) in [6.45, 7) is 6.34. The van der Waals surface area contributed by atoms with Gasteiger partial charge in [-0.1, -0.05) is 0 Å². The van der Waals surface area contributed by atoms with Crippen molar-refractivity contribution in [3.8, 4) is 0 Å². The molecular formula is C15H28N2O2. The van der Waals surface area contributed by atoms with Gasteiger partial charge in [0.25, 0.3) is 0 Å². The van der Waals surface area contributed by atoms with Gasteiger partial charge in [-0.2, -0.15) is 0 Å². The predicted molar refractivity (Wildman–Crippen MR) is 75.8 cm³/mol. The SMILES string of the molecule is CCOC(=O)C(C)(N)CCCN(CC1CC1)C1CC1. The summed E-state index contributed by atoms with van der Waals surface area (Å²) >= 11 is 0. The number of rotatable bonds is 9. The number of ether oxygens (including phenoxy) is 1. The number of esters is 1. The van der Waals surface area contributed by atoms with Crippen molar-refractivity contribution < 1.29 is 9.53 Å². The molecule has 110 valence electrons. The summed E-state index contributed by atoms with van der Waals surface area (Å²) in [7, 11) is 0. The second-order valence-electron chi connectivity index (χ2n) is 6.41. The van der Waals surface area contributed by atoms with E-state index in [2.05, 4.69) is 4.90 Å². The molecule has 0 heterocycles. The van der Waals surface area contributed by atoms with Crippen molar-refractivity contribution in [2.45, 2.75) is 64.0 Å². The first-order valence-corrected chi connectivity index (χ1v) is 7.73. The molecule has 2 rings (SSSR count). The first-order valence-electron chi connectivity index (χ1n) is 7.73. The van der Waals surface area contributed by atoms with Crippen LogP contribution in [-0.4, -0.2) is 42.1 Å². The van der Waals surface area contributed by atoms with Crippen LogP contribution < -0.4 is 5.73 Å². The van der Waals surface area contributed by atoms with Crippen molar-refractivity contribution in [3.05, 3.63) is 0 Å². The summed E-state index contributed by atoms with van der Waals surface area (Å²) in [5.74, 6) is 0.671. The summed E-state index contributed by atoms with van der Waals surface area (Å²) < 4.78 is 5.02. The highest BCUT2D eigenvalue weighted by molar-refractivity contribution is 5.79. The Morgan fingerprint density at radius 3 is 2.58 bits per heavy atom. The van der Waals surface area contributed by atoms with Crippen LogP contribution in [0.25, 0.3) is 0 Å². The van der Waals surface area contributed by atoms with E-state index in [1.54, 1.807) is 6.92 Å². The fraction of sp³-hybridized carbons (Fsp3) is 0.933. The number of hydrogen-bond acceptors (Lipinski definition) is 4. The third-order valence-corrected chi connectivity index (χ3v) is 4.14. The average molecular weight is 268 g/mol. The zero-order valence-corrected chi connectivity index (χ0v) is 12.4. The van der Waals surface area contributed by atoms with Crippen LogP contribution in [0.5, 0.6) is 0 Å². The maximum absolute atomic E-state index is 11.7. The van der Waals surface area contributed by atoms with Crippen LogP contribution in [0, 0.1) is 5.92 Å². The molecule has 0 aromatic heterocycles. The van der Waals surface area contributed by atoms with Crippen molar-refractivity contribution in [1.29, 1.82) is 0 Å². The minimum atomic E-state index is -0.829. The number of carbonyl (C=O) groups is 1. The van der Waals surface area contributed by atoms with Crippen molar-refractivity contribution in [2.24, 2.45) is 11.7 Å². The molecule has 0 amide bonds. The van der Waals surface area contributed by atoms with E-state index in [4.69, 9.17) is 10.5 Å². The van der Waals surface area contributed by atoms with Gasteiger partial charge in [0.1, 0.15) is 5.54 Å². The Labute approximate surface area is 116 Å². The summed E-state index contributed by atoms with van der Waals surface area (Å²) in [6.07, 6.45) is 7.20. The number of carbonyl (C=O) groups excluding carboxylic acids is 1. The van der Waals surface area contributed by atoms with Crippen LogP contribution in [0.3, 0.4) is 0 Å². The monoisotopic (exact) mass is 268 g/mol. The van der Waals surface area contributed by atoms with Crippen molar-refractivity contribution in [3.63, 3.8) is 0 Å². The van der Waals surface area contributed by atoms with E-state index in [0.717, 1.165) is 24.9 Å². The Morgan fingerprint density at radius 1 is 1.37 bits per heavy atom. The minimum Gasteiger partial charge on any atom is -0.465 e. The number of nitrogens with zero attached hydrogens (tertiary/aromatic N) is 1. The van der Waals surface area contributed by atoms with Gasteiger partial charge < -0.3 is 15.4 Å². The quantitative estimate of drug-likeness (QED) is 0.649. The molecule has 1 atom stereocenters. The Balaban J connectivity index is 1.69. The summed E-state index contributed by atoms with van der Waals surface area (Å²) in [5.41, 5.74) is 5.22. The number of hydrogen-bond donors (Lipinski definition) is 1. The van der Waals surface area contributed by atoms with Gasteiger partial charge >= 0.3 is 5.97 Å². The van der Waals surface area contributed by atoms with Gasteiger partial charge in [-0.05, 0) is 64.8 Å². The van der Waals surface area contributed by atoms with Crippen LogP contribution >= 0.6 is 0 Å². The molecule has 0 aliphatic heterocycles. The van der Waals surface area contributed by atoms with Gasteiger partial charge in [0.2, 0.25) is 0 Å². The molecule has 4 heteroatoms. The molecule has 0 saturated heterocycles. The van der Waals surface area contributed by atoms with Crippen LogP contribution in [-0.2, 0) is 9.53 Å². The van der Waals surface area contributed by atoms with Crippen LogP contribution in [0.1, 0.15) is 52.4 Å². The highest BCUT2D eigenvalue weighted by Crippen LogP contribution is 2.35. The summed E-state index contributed by atoms with van der Waals surface area (Å²) in [6, 6.07) is 0.812. The Hall–Kier alpha value is -0.610. The molecule has 0 bridgehead atoms. The molecule has 19 heavy (non-hydrogen) atoms. The van der Waals surface area contributed by atoms with Gasteiger partial charge in [0, 0.05) is 12.6 Å². The van der Waals surface area contributed by atoms with Crippen LogP contribution in [0.15, 0.2) is 0 Å². The molecule has 2 N–H and O–H groups in total. The van der Waals surface area contributed by atoms with E-state index in [0.29, 0.717) is 13.0 Å². The first kappa shape index (κ1) is 14.8. The molecule has 2 fully saturated rings. The fourth-order valence-electron chi connectivity index (χ4n) is 2.54.